The molecule has 0 amide bonds. The molecule has 0 unspecified atom stereocenters. The van der Waals surface area contributed by atoms with Crippen LogP contribution in [0.15, 0.2) is 0 Å². The average molecular weight is 172 g/mol. The summed E-state index contributed by atoms with van der Waals surface area (Å²) in [5.41, 5.74) is 0. The van der Waals surface area contributed by atoms with Gasteiger partial charge in [0.1, 0.15) is 5.75 Å². The van der Waals surface area contributed by atoms with E-state index in [0.29, 0.717) is 0 Å². The summed E-state index contributed by atoms with van der Waals surface area (Å²) in [4.78, 5) is 0. The summed E-state index contributed by atoms with van der Waals surface area (Å²) in [7, 11) is -3.55. The number of halogens is 2. The summed E-state index contributed by atoms with van der Waals surface area (Å²) in [6.07, 6.45) is -2.76. The first-order chi connectivity index (χ1) is 4.36. The van der Waals surface area contributed by atoms with Gasteiger partial charge in [-0.15, -0.1) is 0 Å². The van der Waals surface area contributed by atoms with Gasteiger partial charge in [0.2, 0.25) is 0 Å². The monoisotopic (exact) mass is 172 g/mol. The first kappa shape index (κ1) is 9.81. The van der Waals surface area contributed by atoms with Crippen LogP contribution >= 0.6 is 0 Å². The van der Waals surface area contributed by atoms with E-state index in [-0.39, 0.29) is 0 Å². The third-order valence-electron chi connectivity index (χ3n) is 1.08. The second-order valence-corrected chi connectivity index (χ2v) is 4.87. The Morgan fingerprint density at radius 3 is 1.80 bits per heavy atom. The molecule has 0 aliphatic carbocycles. The Kier molecular flexibility index (Phi) is 3.21. The van der Waals surface area contributed by atoms with Crippen molar-refractivity contribution in [2.24, 2.45) is 0 Å². The molecule has 0 aliphatic heterocycles. The van der Waals surface area contributed by atoms with E-state index in [1.807, 2.05) is 0 Å². The molecule has 0 heterocycles. The third kappa shape index (κ3) is 3.10. The second-order valence-electron chi connectivity index (χ2n) is 2.27. The molecule has 0 aromatic rings. The summed E-state index contributed by atoms with van der Waals surface area (Å²) in [5, 5.41) is -0.707. The van der Waals surface area contributed by atoms with E-state index in [9.17, 15) is 17.2 Å². The maximum atomic E-state index is 11.5. The summed E-state index contributed by atoms with van der Waals surface area (Å²) in [6.45, 7) is 2.77. The lowest BCUT2D eigenvalue weighted by molar-refractivity contribution is 0.174. The lowest BCUT2D eigenvalue weighted by Gasteiger charge is -2.05. The maximum absolute atomic E-state index is 11.5. The zero-order valence-corrected chi connectivity index (χ0v) is 6.66. The molecule has 0 saturated carbocycles. The van der Waals surface area contributed by atoms with Crippen molar-refractivity contribution >= 4 is 9.84 Å². The van der Waals surface area contributed by atoms with E-state index < -0.39 is 27.3 Å². The second kappa shape index (κ2) is 3.27. The van der Waals surface area contributed by atoms with Crippen molar-refractivity contribution in [2.45, 2.75) is 25.5 Å². The molecule has 0 saturated heterocycles. The highest BCUT2D eigenvalue weighted by molar-refractivity contribution is 7.92. The predicted molar refractivity (Wildman–Crippen MR) is 34.9 cm³/mol. The van der Waals surface area contributed by atoms with Crippen LogP contribution in [-0.4, -0.2) is 25.8 Å². The van der Waals surface area contributed by atoms with Crippen molar-refractivity contribution in [1.29, 1.82) is 0 Å². The fourth-order valence-corrected chi connectivity index (χ4v) is 1.10. The minimum absolute atomic E-state index is 0.707. The fourth-order valence-electron chi connectivity index (χ4n) is 0.368. The smallest absolute Gasteiger partial charge is 0.228 e. The lowest BCUT2D eigenvalue weighted by atomic mass is 10.6. The summed E-state index contributed by atoms with van der Waals surface area (Å²) in [5.74, 6) is -1.02. The van der Waals surface area contributed by atoms with Gasteiger partial charge in [-0.25, -0.2) is 17.2 Å². The van der Waals surface area contributed by atoms with Crippen LogP contribution in [0.4, 0.5) is 8.78 Å². The van der Waals surface area contributed by atoms with E-state index in [0.717, 1.165) is 0 Å². The van der Waals surface area contributed by atoms with E-state index in [1.165, 1.54) is 13.8 Å². The maximum Gasteiger partial charge on any atom is 0.252 e. The Morgan fingerprint density at radius 2 is 1.70 bits per heavy atom. The topological polar surface area (TPSA) is 34.1 Å². The highest BCUT2D eigenvalue weighted by Gasteiger charge is 2.21. The molecule has 0 N–H and O–H groups in total. The zero-order valence-electron chi connectivity index (χ0n) is 5.84. The van der Waals surface area contributed by atoms with Crippen molar-refractivity contribution in [3.8, 4) is 0 Å². The number of rotatable bonds is 3. The first-order valence-corrected chi connectivity index (χ1v) is 4.57. The molecule has 0 radical (unpaired) electrons. The Morgan fingerprint density at radius 1 is 1.30 bits per heavy atom. The highest BCUT2D eigenvalue weighted by Crippen LogP contribution is 2.05. The molecule has 0 bridgehead atoms. The molecule has 0 atom stereocenters. The van der Waals surface area contributed by atoms with Gasteiger partial charge in [0.15, 0.2) is 9.84 Å². The van der Waals surface area contributed by atoms with Crippen LogP contribution in [0.25, 0.3) is 0 Å². The molecule has 5 heteroatoms. The fraction of sp³-hybridized carbons (Fsp3) is 1.00. The molecule has 0 aromatic heterocycles. The number of hydrogen-bond acceptors (Lipinski definition) is 2. The van der Waals surface area contributed by atoms with Gasteiger partial charge in [0, 0.05) is 0 Å². The Labute approximate surface area is 59.2 Å². The number of hydrogen-bond donors (Lipinski definition) is 0. The van der Waals surface area contributed by atoms with Crippen LogP contribution in [0, 0.1) is 0 Å². The molecule has 62 valence electrons. The molecule has 0 aromatic carbocycles. The standard InChI is InChI=1S/C5H10F2O2S/c1-4(2)10(8,9)3-5(6)7/h4-5H,3H2,1-2H3. The van der Waals surface area contributed by atoms with Gasteiger partial charge in [0.05, 0.1) is 5.25 Å². The summed E-state index contributed by atoms with van der Waals surface area (Å²) < 4.78 is 44.3. The van der Waals surface area contributed by atoms with Gasteiger partial charge in [-0.1, -0.05) is 0 Å². The van der Waals surface area contributed by atoms with Crippen LogP contribution in [0.2, 0.25) is 0 Å². The Balaban J connectivity index is 4.16. The average Bonchev–Trinajstić information content (AvgIpc) is 1.60. The van der Waals surface area contributed by atoms with Crippen LogP contribution in [0.3, 0.4) is 0 Å². The molecule has 0 spiro atoms. The van der Waals surface area contributed by atoms with Gasteiger partial charge in [-0.3, -0.25) is 0 Å². The van der Waals surface area contributed by atoms with Crippen molar-refractivity contribution < 1.29 is 17.2 Å². The van der Waals surface area contributed by atoms with Gasteiger partial charge >= 0.3 is 0 Å². The third-order valence-corrected chi connectivity index (χ3v) is 3.23. The van der Waals surface area contributed by atoms with Crippen LogP contribution in [0.5, 0.6) is 0 Å². The minimum Gasteiger partial charge on any atom is -0.228 e. The van der Waals surface area contributed by atoms with Gasteiger partial charge in [-0.2, -0.15) is 0 Å². The van der Waals surface area contributed by atoms with Gasteiger partial charge in [-0.05, 0) is 13.8 Å². The van der Waals surface area contributed by atoms with E-state index in [1.54, 1.807) is 0 Å². The largest absolute Gasteiger partial charge is 0.252 e. The Bertz CT molecular complexity index is 184. The molecule has 0 fully saturated rings. The predicted octanol–water partition coefficient (Wildman–Crippen LogP) is 1.07. The van der Waals surface area contributed by atoms with Crippen LogP contribution in [-0.2, 0) is 9.84 Å². The van der Waals surface area contributed by atoms with Gasteiger partial charge < -0.3 is 0 Å². The lowest BCUT2D eigenvalue weighted by Crippen LogP contribution is -2.21. The van der Waals surface area contributed by atoms with E-state index in [4.69, 9.17) is 0 Å². The minimum atomic E-state index is -3.55. The van der Waals surface area contributed by atoms with Crippen molar-refractivity contribution in [2.75, 3.05) is 5.75 Å². The van der Waals surface area contributed by atoms with Crippen LogP contribution in [0.1, 0.15) is 13.8 Å². The molecule has 2 nitrogen and oxygen atoms in total. The van der Waals surface area contributed by atoms with E-state index in [2.05, 4.69) is 0 Å². The zero-order chi connectivity index (χ0) is 8.36. The summed E-state index contributed by atoms with van der Waals surface area (Å²) in [6, 6.07) is 0. The van der Waals surface area contributed by atoms with Crippen molar-refractivity contribution in [3.05, 3.63) is 0 Å². The molecule has 0 aliphatic rings. The number of alkyl halides is 2. The van der Waals surface area contributed by atoms with Gasteiger partial charge in [0.25, 0.3) is 6.43 Å². The SMILES string of the molecule is CC(C)S(=O)(=O)CC(F)F. The quantitative estimate of drug-likeness (QED) is 0.638. The van der Waals surface area contributed by atoms with Crippen molar-refractivity contribution in [1.82, 2.24) is 0 Å². The number of sulfone groups is 1. The van der Waals surface area contributed by atoms with Crippen molar-refractivity contribution in [3.63, 3.8) is 0 Å². The first-order valence-electron chi connectivity index (χ1n) is 2.86. The molecule has 0 rings (SSSR count). The normalized spacial score (nSPS) is 13.0. The van der Waals surface area contributed by atoms with E-state index >= 15 is 0 Å². The molecular weight excluding hydrogens is 162 g/mol. The molecule has 10 heavy (non-hydrogen) atoms. The summed E-state index contributed by atoms with van der Waals surface area (Å²) >= 11 is 0. The molecular formula is C5H10F2O2S. The highest BCUT2D eigenvalue weighted by atomic mass is 32.2. The Hall–Kier alpha value is -0.190. The van der Waals surface area contributed by atoms with Crippen LogP contribution < -0.4 is 0 Å².